The number of thiophene rings is 1. The van der Waals surface area contributed by atoms with Gasteiger partial charge in [-0.15, -0.1) is 11.3 Å². The first-order valence-electron chi connectivity index (χ1n) is 13.3. The minimum Gasteiger partial charge on any atom is -0.347 e. The van der Waals surface area contributed by atoms with Crippen molar-refractivity contribution in [3.8, 4) is 10.4 Å². The van der Waals surface area contributed by atoms with E-state index in [1.807, 2.05) is 30.5 Å². The molecule has 0 saturated carbocycles. The molecule has 0 saturated heterocycles. The molecule has 1 aliphatic rings. The Bertz CT molecular complexity index is 1880. The van der Waals surface area contributed by atoms with Gasteiger partial charge in [-0.1, -0.05) is 24.3 Å². The van der Waals surface area contributed by atoms with Crippen molar-refractivity contribution < 1.29 is 23.2 Å². The number of ketones is 1. The van der Waals surface area contributed by atoms with E-state index in [1.54, 1.807) is 12.3 Å². The van der Waals surface area contributed by atoms with Crippen LogP contribution in [0.4, 0.5) is 8.78 Å². The second kappa shape index (κ2) is 10.9. The van der Waals surface area contributed by atoms with E-state index in [9.17, 15) is 23.2 Å². The molecule has 0 unspecified atom stereocenters. The normalized spacial score (nSPS) is 14.1. The molecule has 0 fully saturated rings. The van der Waals surface area contributed by atoms with Gasteiger partial charge in [-0.3, -0.25) is 14.4 Å². The molecule has 3 heterocycles. The van der Waals surface area contributed by atoms with Crippen LogP contribution in [0.2, 0.25) is 0 Å². The Balaban J connectivity index is 1.33. The Morgan fingerprint density at radius 1 is 1.07 bits per heavy atom. The molecule has 2 amide bonds. The molecular weight excluding hydrogens is 560 g/mol. The average Bonchev–Trinajstić information content (AvgIpc) is 3.73. The highest BCUT2D eigenvalue weighted by atomic mass is 32.1. The summed E-state index contributed by atoms with van der Waals surface area (Å²) in [6, 6.07) is 11.9. The molecule has 0 spiro atoms. The van der Waals surface area contributed by atoms with Gasteiger partial charge in [0.25, 0.3) is 11.8 Å². The number of hydrogen-bond donors (Lipinski definition) is 2. The number of Topliss-reactive ketones (excluding diaryl/α,β-unsaturated/α-hetero) is 1. The van der Waals surface area contributed by atoms with Crippen LogP contribution in [0.1, 0.15) is 73.0 Å². The quantitative estimate of drug-likeness (QED) is 0.242. The van der Waals surface area contributed by atoms with Crippen molar-refractivity contribution in [1.82, 2.24) is 25.2 Å². The van der Waals surface area contributed by atoms with Gasteiger partial charge in [-0.05, 0) is 72.5 Å². The van der Waals surface area contributed by atoms with E-state index >= 15 is 0 Å². The fraction of sp³-hybridized carbons (Fsp3) is 0.194. The summed E-state index contributed by atoms with van der Waals surface area (Å²) in [5.74, 6) is -3.02. The van der Waals surface area contributed by atoms with Gasteiger partial charge in [0.15, 0.2) is 23.1 Å². The maximum atomic E-state index is 13.7. The van der Waals surface area contributed by atoms with Crippen molar-refractivity contribution in [3.63, 3.8) is 0 Å². The highest BCUT2D eigenvalue weighted by Gasteiger charge is 2.29. The van der Waals surface area contributed by atoms with Gasteiger partial charge in [0, 0.05) is 23.1 Å². The van der Waals surface area contributed by atoms with E-state index in [2.05, 4.69) is 20.7 Å². The van der Waals surface area contributed by atoms with Crippen LogP contribution >= 0.6 is 11.3 Å². The monoisotopic (exact) mass is 585 g/mol. The first-order valence-corrected chi connectivity index (χ1v) is 14.2. The van der Waals surface area contributed by atoms with Crippen LogP contribution in [0.15, 0.2) is 60.1 Å². The number of amides is 2. The first kappa shape index (κ1) is 27.4. The van der Waals surface area contributed by atoms with E-state index in [1.165, 1.54) is 34.9 Å². The number of carbonyl (C=O) groups is 3. The molecule has 1 atom stereocenters. The zero-order valence-electron chi connectivity index (χ0n) is 22.7. The smallest absolute Gasteiger partial charge is 0.270 e. The van der Waals surface area contributed by atoms with Gasteiger partial charge in [-0.25, -0.2) is 18.3 Å². The predicted octanol–water partition coefficient (Wildman–Crippen LogP) is 5.59. The molecule has 8 nitrogen and oxygen atoms in total. The van der Waals surface area contributed by atoms with Gasteiger partial charge in [0.05, 0.1) is 17.8 Å². The summed E-state index contributed by atoms with van der Waals surface area (Å²) in [5, 5.41) is 12.1. The minimum atomic E-state index is -1.01. The number of hydrogen-bond acceptors (Lipinski definition) is 6. The highest BCUT2D eigenvalue weighted by Crippen LogP contribution is 2.35. The van der Waals surface area contributed by atoms with Gasteiger partial charge in [0.1, 0.15) is 11.4 Å². The summed E-state index contributed by atoms with van der Waals surface area (Å²) in [6.45, 7) is 3.40. The second-order valence-corrected chi connectivity index (χ2v) is 11.1. The summed E-state index contributed by atoms with van der Waals surface area (Å²) in [5.41, 5.74) is 5.07. The zero-order chi connectivity index (χ0) is 29.5. The van der Waals surface area contributed by atoms with Crippen LogP contribution < -0.4 is 10.6 Å². The van der Waals surface area contributed by atoms with Crippen molar-refractivity contribution in [2.75, 3.05) is 0 Å². The Hall–Kier alpha value is -4.77. The van der Waals surface area contributed by atoms with Gasteiger partial charge < -0.3 is 10.6 Å². The standard InChI is InChI=1S/C31H25F2N5O3S/c1-16-19(17(2)39)6-7-21-20(16)8-10-25(21)37-31(41)27-13-26(30(40)34-14-18-5-9-23(32)24(33)12-18)36-29-22(15-35-38(27)29)28-4-3-11-42-28/h3-7,9,11-13,15,25H,8,10,14H2,1-2H3,(H,34,40)(H,37,41)/t25-/m0/s1. The first-order chi connectivity index (χ1) is 20.2. The van der Waals surface area contributed by atoms with E-state index in [0.717, 1.165) is 40.1 Å². The Kier molecular flexibility index (Phi) is 7.11. The van der Waals surface area contributed by atoms with E-state index in [4.69, 9.17) is 0 Å². The number of rotatable bonds is 7. The largest absolute Gasteiger partial charge is 0.347 e. The molecule has 0 bridgehead atoms. The van der Waals surface area contributed by atoms with Gasteiger partial charge in [0.2, 0.25) is 0 Å². The van der Waals surface area contributed by atoms with Crippen molar-refractivity contribution in [1.29, 1.82) is 0 Å². The maximum Gasteiger partial charge on any atom is 0.270 e. The van der Waals surface area contributed by atoms with Crippen molar-refractivity contribution in [3.05, 3.63) is 111 Å². The predicted molar refractivity (Wildman–Crippen MR) is 154 cm³/mol. The highest BCUT2D eigenvalue weighted by molar-refractivity contribution is 7.13. The topological polar surface area (TPSA) is 105 Å². The fourth-order valence-electron chi connectivity index (χ4n) is 5.41. The fourth-order valence-corrected chi connectivity index (χ4v) is 6.14. The molecule has 2 aromatic carbocycles. The van der Waals surface area contributed by atoms with Crippen LogP contribution in [0.5, 0.6) is 0 Å². The third kappa shape index (κ3) is 4.96. The summed E-state index contributed by atoms with van der Waals surface area (Å²) in [4.78, 5) is 44.4. The van der Waals surface area contributed by atoms with Crippen molar-refractivity contribution in [2.45, 2.75) is 39.3 Å². The molecule has 2 N–H and O–H groups in total. The molecule has 0 radical (unpaired) electrons. The number of aromatic nitrogens is 3. The van der Waals surface area contributed by atoms with Gasteiger partial charge >= 0.3 is 0 Å². The van der Waals surface area contributed by atoms with E-state index in [-0.39, 0.29) is 29.8 Å². The zero-order valence-corrected chi connectivity index (χ0v) is 23.5. The number of halogens is 2. The third-order valence-electron chi connectivity index (χ3n) is 7.54. The van der Waals surface area contributed by atoms with Crippen molar-refractivity contribution >= 4 is 34.6 Å². The summed E-state index contributed by atoms with van der Waals surface area (Å²) in [7, 11) is 0. The van der Waals surface area contributed by atoms with Crippen molar-refractivity contribution in [2.24, 2.45) is 0 Å². The lowest BCUT2D eigenvalue weighted by Gasteiger charge is -2.16. The van der Waals surface area contributed by atoms with Crippen LogP contribution in [-0.2, 0) is 13.0 Å². The summed E-state index contributed by atoms with van der Waals surface area (Å²) < 4.78 is 28.4. The number of nitrogens with zero attached hydrogens (tertiary/aromatic N) is 3. The lowest BCUT2D eigenvalue weighted by Crippen LogP contribution is -2.30. The molecule has 5 aromatic rings. The molecule has 0 aliphatic heterocycles. The lowest BCUT2D eigenvalue weighted by molar-refractivity contribution is 0.0927. The maximum absolute atomic E-state index is 13.7. The number of benzene rings is 2. The van der Waals surface area contributed by atoms with E-state index in [0.29, 0.717) is 28.8 Å². The third-order valence-corrected chi connectivity index (χ3v) is 8.44. The van der Waals surface area contributed by atoms with Crippen LogP contribution in [0.25, 0.3) is 16.1 Å². The summed E-state index contributed by atoms with van der Waals surface area (Å²) >= 11 is 1.47. The Morgan fingerprint density at radius 3 is 2.64 bits per heavy atom. The Morgan fingerprint density at radius 2 is 1.90 bits per heavy atom. The molecule has 1 aliphatic carbocycles. The molecular formula is C31H25F2N5O3S. The van der Waals surface area contributed by atoms with Gasteiger partial charge in [-0.2, -0.15) is 5.10 Å². The molecule has 11 heteroatoms. The lowest BCUT2D eigenvalue weighted by atomic mass is 9.96. The van der Waals surface area contributed by atoms with E-state index < -0.39 is 23.4 Å². The molecule has 6 rings (SSSR count). The SMILES string of the molecule is CC(=O)c1ccc2c(c1C)CC[C@@H]2NC(=O)c1cc(C(=O)NCc2ccc(F)c(F)c2)nc2c(-c3cccs3)cnn12. The number of carbonyl (C=O) groups excluding carboxylic acids is 3. The average molecular weight is 586 g/mol. The minimum absolute atomic E-state index is 0.00226. The molecule has 212 valence electrons. The van der Waals surface area contributed by atoms with Crippen LogP contribution in [-0.4, -0.2) is 32.2 Å². The number of nitrogens with one attached hydrogen (secondary N) is 2. The summed E-state index contributed by atoms with van der Waals surface area (Å²) in [6.07, 6.45) is 2.99. The molecule has 42 heavy (non-hydrogen) atoms. The van der Waals surface area contributed by atoms with Crippen LogP contribution in [0.3, 0.4) is 0 Å². The second-order valence-electron chi connectivity index (χ2n) is 10.2. The van der Waals surface area contributed by atoms with Crippen LogP contribution in [0, 0.1) is 18.6 Å². The number of fused-ring (bicyclic) bond motifs is 2. The Labute approximate surface area is 243 Å². The molecule has 3 aromatic heterocycles.